The molecule has 210 valence electrons. The number of alkyl halides is 3. The first kappa shape index (κ1) is 29.9. The lowest BCUT2D eigenvalue weighted by atomic mass is 9.86. The summed E-state index contributed by atoms with van der Waals surface area (Å²) in [6, 6.07) is 3.66. The zero-order valence-corrected chi connectivity index (χ0v) is 22.0. The van der Waals surface area contributed by atoms with Gasteiger partial charge < -0.3 is 10.2 Å². The number of aryl methyl sites for hydroxylation is 2. The molecule has 8 nitrogen and oxygen atoms in total. The zero-order chi connectivity index (χ0) is 27.7. The third-order valence-corrected chi connectivity index (χ3v) is 6.96. The van der Waals surface area contributed by atoms with Crippen LogP contribution in [0.25, 0.3) is 11.1 Å². The fraction of sp³-hybridized carbons (Fsp3) is 0.440. The highest BCUT2D eigenvalue weighted by atomic mass is 35.5. The van der Waals surface area contributed by atoms with Gasteiger partial charge in [-0.1, -0.05) is 0 Å². The number of hydrogen-bond donors (Lipinski definition) is 2. The number of nitrogens with one attached hydrogen (secondary N) is 2. The van der Waals surface area contributed by atoms with Crippen molar-refractivity contribution in [2.75, 3.05) is 44.6 Å². The molecule has 3 aromatic rings. The number of anilines is 1. The van der Waals surface area contributed by atoms with E-state index in [1.165, 1.54) is 4.90 Å². The smallest absolute Gasteiger partial charge is 0.254 e. The number of hydrogen-bond acceptors (Lipinski definition) is 5. The van der Waals surface area contributed by atoms with E-state index in [1.54, 1.807) is 17.1 Å². The minimum absolute atomic E-state index is 0. The second-order valence-electron chi connectivity index (χ2n) is 9.76. The summed E-state index contributed by atoms with van der Waals surface area (Å²) in [4.78, 5) is 13.9. The normalized spacial score (nSPS) is 14.4. The predicted molar refractivity (Wildman–Crippen MR) is 136 cm³/mol. The van der Waals surface area contributed by atoms with E-state index in [0.29, 0.717) is 6.07 Å². The van der Waals surface area contributed by atoms with E-state index in [2.05, 4.69) is 26.7 Å². The van der Waals surface area contributed by atoms with Gasteiger partial charge in [0, 0.05) is 48.7 Å². The molecule has 0 unspecified atom stereocenters. The third kappa shape index (κ3) is 5.43. The number of nitriles is 1. The van der Waals surface area contributed by atoms with E-state index in [-0.39, 0.29) is 37.6 Å². The molecule has 0 aliphatic carbocycles. The van der Waals surface area contributed by atoms with Crippen LogP contribution in [0.4, 0.5) is 27.6 Å². The number of H-pyrrole nitrogens is 1. The minimum atomic E-state index is -2.06. The molecule has 1 fully saturated rings. The Morgan fingerprint density at radius 1 is 1.18 bits per heavy atom. The zero-order valence-electron chi connectivity index (χ0n) is 21.2. The molecule has 1 amide bonds. The van der Waals surface area contributed by atoms with Gasteiger partial charge in [0.05, 0.1) is 41.0 Å². The molecule has 3 heterocycles. The minimum Gasteiger partial charge on any atom is -0.364 e. The van der Waals surface area contributed by atoms with Crippen molar-refractivity contribution in [1.29, 1.82) is 5.26 Å². The molecule has 4 rings (SSSR count). The number of rotatable bonds is 10. The fourth-order valence-electron chi connectivity index (χ4n) is 4.57. The van der Waals surface area contributed by atoms with Crippen LogP contribution in [0, 0.1) is 42.2 Å². The van der Waals surface area contributed by atoms with Crippen LogP contribution in [-0.4, -0.2) is 65.5 Å². The van der Waals surface area contributed by atoms with Gasteiger partial charge in [-0.15, -0.1) is 12.4 Å². The van der Waals surface area contributed by atoms with E-state index in [4.69, 9.17) is 0 Å². The molecule has 0 atom stereocenters. The Labute approximate surface area is 227 Å². The van der Waals surface area contributed by atoms with Crippen molar-refractivity contribution in [2.45, 2.75) is 25.8 Å². The summed E-state index contributed by atoms with van der Waals surface area (Å²) in [7, 11) is 0. The Morgan fingerprint density at radius 2 is 1.85 bits per heavy atom. The van der Waals surface area contributed by atoms with Crippen LogP contribution >= 0.6 is 12.4 Å². The summed E-state index contributed by atoms with van der Waals surface area (Å²) in [5.41, 5.74) is -0.302. The number of nitrogens with zero attached hydrogens (tertiary/aromatic N) is 5. The van der Waals surface area contributed by atoms with Gasteiger partial charge in [0.25, 0.3) is 5.91 Å². The first-order chi connectivity index (χ1) is 18.1. The number of carbonyl (C=O) groups is 1. The largest absolute Gasteiger partial charge is 0.364 e. The Kier molecular flexibility index (Phi) is 8.90. The van der Waals surface area contributed by atoms with Crippen molar-refractivity contribution >= 4 is 24.0 Å². The highest BCUT2D eigenvalue weighted by Crippen LogP contribution is 2.38. The standard InChI is InChI=1S/C25H26F5N7O.ClH/c1-15-22(16(2)35-34-15)17-7-33-37(8-17)25(3-4-31)13-36(14-25)21-6-19(29)18(5-20(21)30)23(38)32-12-24(9-26,10-27)11-28;/h5-8H,3,9-14H2,1-2H3,(H,32,38)(H,34,35);1H. The van der Waals surface area contributed by atoms with E-state index in [1.807, 2.05) is 13.8 Å². The average molecular weight is 572 g/mol. The summed E-state index contributed by atoms with van der Waals surface area (Å²) in [6.45, 7) is -0.781. The van der Waals surface area contributed by atoms with Gasteiger partial charge in [0.1, 0.15) is 37.2 Å². The van der Waals surface area contributed by atoms with Gasteiger partial charge in [-0.05, 0) is 19.9 Å². The predicted octanol–water partition coefficient (Wildman–Crippen LogP) is 4.34. The van der Waals surface area contributed by atoms with Crippen molar-refractivity contribution in [3.8, 4) is 17.2 Å². The first-order valence-electron chi connectivity index (χ1n) is 11.8. The lowest BCUT2D eigenvalue weighted by molar-refractivity contribution is 0.0837. The molecule has 0 spiro atoms. The molecule has 0 bridgehead atoms. The Balaban J connectivity index is 0.00000420. The van der Waals surface area contributed by atoms with Crippen molar-refractivity contribution in [2.24, 2.45) is 5.41 Å². The number of aromatic nitrogens is 4. The molecule has 0 radical (unpaired) electrons. The van der Waals surface area contributed by atoms with Crippen molar-refractivity contribution in [1.82, 2.24) is 25.3 Å². The molecule has 0 saturated carbocycles. The molecule has 1 aliphatic heterocycles. The highest BCUT2D eigenvalue weighted by Gasteiger charge is 2.46. The van der Waals surface area contributed by atoms with E-state index >= 15 is 0 Å². The topological polar surface area (TPSA) is 103 Å². The SMILES string of the molecule is Cc1n[nH]c(C)c1-c1cnn(C2(CC#N)CN(c3cc(F)c(C(=O)NCC(CF)(CF)CF)cc3F)C2)c1.Cl. The number of carbonyl (C=O) groups excluding carboxylic acids is 1. The molecule has 1 saturated heterocycles. The molecule has 1 aliphatic rings. The monoisotopic (exact) mass is 571 g/mol. The van der Waals surface area contributed by atoms with Crippen LogP contribution in [0.1, 0.15) is 28.2 Å². The summed E-state index contributed by atoms with van der Waals surface area (Å²) < 4.78 is 70.6. The highest BCUT2D eigenvalue weighted by molar-refractivity contribution is 5.95. The van der Waals surface area contributed by atoms with Gasteiger partial charge in [-0.2, -0.15) is 15.5 Å². The van der Waals surface area contributed by atoms with Crippen LogP contribution in [0.3, 0.4) is 0 Å². The molecular weight excluding hydrogens is 545 g/mol. The van der Waals surface area contributed by atoms with Crippen molar-refractivity contribution < 1.29 is 26.7 Å². The van der Waals surface area contributed by atoms with Crippen LogP contribution in [0.5, 0.6) is 0 Å². The fourth-order valence-corrected chi connectivity index (χ4v) is 4.57. The summed E-state index contributed by atoms with van der Waals surface area (Å²) in [5, 5.41) is 23.0. The van der Waals surface area contributed by atoms with Gasteiger partial charge in [0.2, 0.25) is 0 Å². The number of halogens is 6. The number of benzene rings is 1. The second-order valence-corrected chi connectivity index (χ2v) is 9.76. The maximum Gasteiger partial charge on any atom is 0.254 e. The number of amides is 1. The summed E-state index contributed by atoms with van der Waals surface area (Å²) in [5.74, 6) is -3.08. The molecule has 39 heavy (non-hydrogen) atoms. The van der Waals surface area contributed by atoms with Gasteiger partial charge >= 0.3 is 0 Å². The van der Waals surface area contributed by atoms with Crippen LogP contribution in [0.2, 0.25) is 0 Å². The van der Waals surface area contributed by atoms with Gasteiger partial charge in [0.15, 0.2) is 0 Å². The quantitative estimate of drug-likeness (QED) is 0.352. The number of aromatic amines is 1. The molecule has 2 aromatic heterocycles. The summed E-state index contributed by atoms with van der Waals surface area (Å²) >= 11 is 0. The maximum absolute atomic E-state index is 15.0. The Bertz CT molecular complexity index is 1350. The maximum atomic E-state index is 15.0. The van der Waals surface area contributed by atoms with Crippen LogP contribution in [-0.2, 0) is 5.54 Å². The third-order valence-electron chi connectivity index (χ3n) is 6.96. The van der Waals surface area contributed by atoms with E-state index < -0.39 is 60.6 Å². The van der Waals surface area contributed by atoms with Gasteiger partial charge in [-0.3, -0.25) is 27.7 Å². The molecule has 14 heteroatoms. The second kappa shape index (κ2) is 11.6. The van der Waals surface area contributed by atoms with E-state index in [0.717, 1.165) is 28.6 Å². The molecule has 2 N–H and O–H groups in total. The van der Waals surface area contributed by atoms with Crippen LogP contribution in [0.15, 0.2) is 24.5 Å². The van der Waals surface area contributed by atoms with E-state index in [9.17, 15) is 32.0 Å². The molecular formula is C25H27ClF5N7O. The Hall–Kier alpha value is -3.66. The Morgan fingerprint density at radius 3 is 2.41 bits per heavy atom. The lowest BCUT2D eigenvalue weighted by Crippen LogP contribution is -2.63. The van der Waals surface area contributed by atoms with Crippen molar-refractivity contribution in [3.05, 3.63) is 53.1 Å². The molecule has 1 aromatic carbocycles. The van der Waals surface area contributed by atoms with Crippen LogP contribution < -0.4 is 10.2 Å². The summed E-state index contributed by atoms with van der Waals surface area (Å²) in [6.07, 6.45) is 3.51. The average Bonchev–Trinajstić information content (AvgIpc) is 3.49. The lowest BCUT2D eigenvalue weighted by Gasteiger charge is -2.50. The van der Waals surface area contributed by atoms with Gasteiger partial charge in [-0.25, -0.2) is 8.78 Å². The first-order valence-corrected chi connectivity index (χ1v) is 11.8. The van der Waals surface area contributed by atoms with Crippen molar-refractivity contribution in [3.63, 3.8) is 0 Å².